The van der Waals surface area contributed by atoms with Crippen LogP contribution in [0, 0.1) is 11.3 Å². The number of rotatable bonds is 9. The number of phenolic OH excluding ortho intramolecular Hbond substituents is 1. The summed E-state index contributed by atoms with van der Waals surface area (Å²) in [7, 11) is 1.41. The van der Waals surface area contributed by atoms with Crippen molar-refractivity contribution in [3.8, 4) is 17.6 Å². The van der Waals surface area contributed by atoms with Crippen LogP contribution in [0.2, 0.25) is 0 Å². The molecule has 31 heavy (non-hydrogen) atoms. The number of carbonyl (C=O) groups is 2. The van der Waals surface area contributed by atoms with Crippen LogP contribution in [-0.2, 0) is 19.1 Å². The summed E-state index contributed by atoms with van der Waals surface area (Å²) in [5, 5.41) is 23.4. The van der Waals surface area contributed by atoms with E-state index in [0.717, 1.165) is 11.8 Å². The number of ether oxygens (including phenoxy) is 3. The number of nitrogens with one attached hydrogen (secondary N) is 1. The molecule has 1 heterocycles. The summed E-state index contributed by atoms with van der Waals surface area (Å²) < 4.78 is 15.4. The Balaban J connectivity index is 2.56. The fourth-order valence-electron chi connectivity index (χ4n) is 3.05. The van der Waals surface area contributed by atoms with Crippen LogP contribution in [-0.4, -0.2) is 43.1 Å². The van der Waals surface area contributed by atoms with E-state index in [1.807, 2.05) is 0 Å². The van der Waals surface area contributed by atoms with E-state index in [1.54, 1.807) is 26.0 Å². The van der Waals surface area contributed by atoms with Gasteiger partial charge >= 0.3 is 11.9 Å². The number of hydrogen-bond acceptors (Lipinski definition) is 9. The third kappa shape index (κ3) is 5.61. The minimum atomic E-state index is -0.789. The quantitative estimate of drug-likeness (QED) is 0.437. The van der Waals surface area contributed by atoms with Gasteiger partial charge in [-0.3, -0.25) is 4.79 Å². The van der Waals surface area contributed by atoms with E-state index < -0.39 is 17.9 Å². The smallest absolute Gasteiger partial charge is 0.337 e. The van der Waals surface area contributed by atoms with Gasteiger partial charge in [0.25, 0.3) is 0 Å². The van der Waals surface area contributed by atoms with Gasteiger partial charge in [0, 0.05) is 5.70 Å². The summed E-state index contributed by atoms with van der Waals surface area (Å²) in [4.78, 5) is 24.6. The number of methoxy groups -OCH3 is 1. The van der Waals surface area contributed by atoms with Gasteiger partial charge in [-0.05, 0) is 31.5 Å². The van der Waals surface area contributed by atoms with Gasteiger partial charge in [-0.1, -0.05) is 30.5 Å². The Morgan fingerprint density at radius 1 is 1.39 bits per heavy atom. The molecule has 0 radical (unpaired) electrons. The highest BCUT2D eigenvalue weighted by Crippen LogP contribution is 2.43. The average molecular weight is 445 g/mol. The summed E-state index contributed by atoms with van der Waals surface area (Å²) in [6.45, 7) is 7.21. The molecule has 0 fully saturated rings. The number of carbonyl (C=O) groups excluding carboxylic acids is 2. The fraction of sp³-hybridized carbons (Fsp3) is 0.318. The first kappa shape index (κ1) is 23.9. The first-order chi connectivity index (χ1) is 14.9. The number of nitrogens with zero attached hydrogens (tertiary/aromatic N) is 1. The summed E-state index contributed by atoms with van der Waals surface area (Å²) >= 11 is 1.11. The maximum atomic E-state index is 12.8. The Morgan fingerprint density at radius 2 is 2.13 bits per heavy atom. The van der Waals surface area contributed by atoms with E-state index in [0.29, 0.717) is 16.3 Å². The van der Waals surface area contributed by atoms with Crippen LogP contribution in [0.1, 0.15) is 25.3 Å². The Morgan fingerprint density at radius 3 is 2.74 bits per heavy atom. The highest BCUT2D eigenvalue weighted by Gasteiger charge is 2.36. The first-order valence-electron chi connectivity index (χ1n) is 9.43. The lowest BCUT2D eigenvalue weighted by Crippen LogP contribution is -2.29. The van der Waals surface area contributed by atoms with Crippen molar-refractivity contribution in [2.45, 2.75) is 19.8 Å². The number of benzene rings is 1. The summed E-state index contributed by atoms with van der Waals surface area (Å²) in [5.41, 5.74) is 1.51. The maximum absolute atomic E-state index is 12.8. The van der Waals surface area contributed by atoms with E-state index in [9.17, 15) is 20.0 Å². The van der Waals surface area contributed by atoms with Crippen LogP contribution in [0.25, 0.3) is 0 Å². The van der Waals surface area contributed by atoms with Gasteiger partial charge in [0.1, 0.15) is 6.61 Å². The molecule has 0 amide bonds. The van der Waals surface area contributed by atoms with Crippen molar-refractivity contribution in [3.05, 3.63) is 58.3 Å². The molecule has 0 saturated heterocycles. The molecule has 8 nitrogen and oxygen atoms in total. The topological polar surface area (TPSA) is 118 Å². The monoisotopic (exact) mass is 444 g/mol. The van der Waals surface area contributed by atoms with Crippen molar-refractivity contribution in [3.63, 3.8) is 0 Å². The van der Waals surface area contributed by atoms with Gasteiger partial charge in [0.05, 0.1) is 47.6 Å². The van der Waals surface area contributed by atoms with Gasteiger partial charge < -0.3 is 24.6 Å². The SMILES string of the molecule is C=CCOC(=O)C1=C(C)NC(SCC(=O)OCC)=C(C#N)[C@H]1c1ccc(O)c(OC)c1. The molecule has 1 aromatic rings. The van der Waals surface area contributed by atoms with Crippen molar-refractivity contribution >= 4 is 23.7 Å². The Bertz CT molecular complexity index is 977. The lowest BCUT2D eigenvalue weighted by Gasteiger charge is -2.29. The molecule has 0 aromatic heterocycles. The lowest BCUT2D eigenvalue weighted by molar-refractivity contribution is -0.140. The second kappa shape index (κ2) is 11.1. The van der Waals surface area contributed by atoms with Crippen LogP contribution in [0.5, 0.6) is 11.5 Å². The van der Waals surface area contributed by atoms with Gasteiger partial charge in [-0.2, -0.15) is 5.26 Å². The van der Waals surface area contributed by atoms with Gasteiger partial charge in [0.2, 0.25) is 0 Å². The normalized spacial score (nSPS) is 15.6. The Hall–Kier alpha value is -3.38. The number of nitriles is 1. The molecule has 0 unspecified atom stereocenters. The minimum Gasteiger partial charge on any atom is -0.504 e. The highest BCUT2D eigenvalue weighted by atomic mass is 32.2. The van der Waals surface area contributed by atoms with E-state index in [-0.39, 0.29) is 41.6 Å². The fourth-order valence-corrected chi connectivity index (χ4v) is 3.94. The number of thioether (sulfide) groups is 1. The van der Waals surface area contributed by atoms with Crippen LogP contribution in [0.3, 0.4) is 0 Å². The molecule has 0 bridgehead atoms. The third-order valence-electron chi connectivity index (χ3n) is 4.38. The van der Waals surface area contributed by atoms with Crippen molar-refractivity contribution in [1.82, 2.24) is 5.32 Å². The number of dihydropyridines is 1. The molecule has 2 N–H and O–H groups in total. The summed E-state index contributed by atoms with van der Waals surface area (Å²) in [6.07, 6.45) is 1.45. The zero-order chi connectivity index (χ0) is 23.0. The van der Waals surface area contributed by atoms with Gasteiger partial charge in [0.15, 0.2) is 11.5 Å². The molecule has 1 aliphatic rings. The Kier molecular flexibility index (Phi) is 8.58. The zero-order valence-electron chi connectivity index (χ0n) is 17.6. The van der Waals surface area contributed by atoms with E-state index in [2.05, 4.69) is 18.0 Å². The summed E-state index contributed by atoms with van der Waals surface area (Å²) in [6, 6.07) is 6.74. The first-order valence-corrected chi connectivity index (χ1v) is 10.4. The van der Waals surface area contributed by atoms with Crippen LogP contribution >= 0.6 is 11.8 Å². The molecule has 9 heteroatoms. The predicted octanol–water partition coefficient (Wildman–Crippen LogP) is 3.12. The van der Waals surface area contributed by atoms with Gasteiger partial charge in [-0.15, -0.1) is 0 Å². The van der Waals surface area contributed by atoms with E-state index in [4.69, 9.17) is 14.2 Å². The molecule has 0 aliphatic carbocycles. The molecule has 0 saturated carbocycles. The molecule has 2 rings (SSSR count). The van der Waals surface area contributed by atoms with E-state index >= 15 is 0 Å². The average Bonchev–Trinajstić information content (AvgIpc) is 2.76. The molecule has 1 aromatic carbocycles. The molecule has 1 atom stereocenters. The minimum absolute atomic E-state index is 0.00348. The zero-order valence-corrected chi connectivity index (χ0v) is 18.4. The summed E-state index contributed by atoms with van der Waals surface area (Å²) in [5.74, 6) is -1.69. The molecule has 0 spiro atoms. The lowest BCUT2D eigenvalue weighted by atomic mass is 9.82. The molecule has 164 valence electrons. The van der Waals surface area contributed by atoms with Crippen molar-refractivity contribution in [2.75, 3.05) is 26.1 Å². The second-order valence-electron chi connectivity index (χ2n) is 6.36. The van der Waals surface area contributed by atoms with Gasteiger partial charge in [-0.25, -0.2) is 4.79 Å². The number of hydrogen-bond donors (Lipinski definition) is 2. The van der Waals surface area contributed by atoms with Crippen molar-refractivity contribution in [1.29, 1.82) is 5.26 Å². The largest absolute Gasteiger partial charge is 0.504 e. The highest BCUT2D eigenvalue weighted by molar-refractivity contribution is 8.03. The number of esters is 2. The molecular weight excluding hydrogens is 420 g/mol. The third-order valence-corrected chi connectivity index (χ3v) is 5.37. The Labute approximate surface area is 185 Å². The number of phenols is 1. The molecular formula is C22H24N2O6S. The number of allylic oxidation sites excluding steroid dienone is 2. The second-order valence-corrected chi connectivity index (χ2v) is 7.35. The standard InChI is InChI=1S/C22H24N2O6S/c1-5-9-30-22(27)19-13(3)24-21(31-12-18(26)29-6-2)15(11-23)20(19)14-7-8-16(25)17(10-14)28-4/h5,7-8,10,20,24-25H,1,6,9,12H2,2-4H3/t20-/m1/s1. The molecule has 1 aliphatic heterocycles. The van der Waals surface area contributed by atoms with E-state index in [1.165, 1.54) is 19.3 Å². The van der Waals surface area contributed by atoms with Crippen molar-refractivity contribution in [2.24, 2.45) is 0 Å². The van der Waals surface area contributed by atoms with Crippen LogP contribution in [0.4, 0.5) is 0 Å². The predicted molar refractivity (Wildman–Crippen MR) is 116 cm³/mol. The van der Waals surface area contributed by atoms with Crippen molar-refractivity contribution < 1.29 is 28.9 Å². The maximum Gasteiger partial charge on any atom is 0.337 e. The van der Waals surface area contributed by atoms with Crippen LogP contribution < -0.4 is 10.1 Å². The van der Waals surface area contributed by atoms with Crippen LogP contribution in [0.15, 0.2) is 52.7 Å². The number of aromatic hydroxyl groups is 1.